The molecule has 0 aromatic carbocycles. The maximum absolute atomic E-state index is 9.99. The Morgan fingerprint density at radius 2 is 2.00 bits per heavy atom. The molecule has 1 aliphatic carbocycles. The number of hydrogen-bond acceptors (Lipinski definition) is 4. The Bertz CT molecular complexity index is 251. The minimum Gasteiger partial charge on any atom is -0.389 e. The third-order valence-electron chi connectivity index (χ3n) is 4.51. The topological polar surface area (TPSA) is 44.7 Å². The number of ether oxygens (including phenoxy) is 1. The molecule has 3 atom stereocenters. The molecular formula is C17H36N2O2. The normalized spacial score (nSPS) is 24.4. The van der Waals surface area contributed by atoms with Crippen LogP contribution in [0, 0.1) is 5.92 Å². The van der Waals surface area contributed by atoms with E-state index < -0.39 is 0 Å². The van der Waals surface area contributed by atoms with Crippen LogP contribution < -0.4 is 5.32 Å². The summed E-state index contributed by atoms with van der Waals surface area (Å²) >= 11 is 0. The Morgan fingerprint density at radius 1 is 1.24 bits per heavy atom. The molecule has 1 aliphatic rings. The number of nitrogens with zero attached hydrogens (tertiary/aromatic N) is 1. The smallest absolute Gasteiger partial charge is 0.0897 e. The zero-order valence-electron chi connectivity index (χ0n) is 14.3. The third-order valence-corrected chi connectivity index (χ3v) is 4.51. The van der Waals surface area contributed by atoms with Gasteiger partial charge in [-0.3, -0.25) is 0 Å². The van der Waals surface area contributed by atoms with E-state index in [1.807, 2.05) is 0 Å². The molecule has 3 unspecified atom stereocenters. The van der Waals surface area contributed by atoms with E-state index in [9.17, 15) is 5.11 Å². The van der Waals surface area contributed by atoms with Crippen LogP contribution in [0.1, 0.15) is 52.9 Å². The molecule has 0 aliphatic heterocycles. The van der Waals surface area contributed by atoms with Gasteiger partial charge in [0.1, 0.15) is 0 Å². The first-order valence-electron chi connectivity index (χ1n) is 8.90. The fraction of sp³-hybridized carbons (Fsp3) is 1.00. The van der Waals surface area contributed by atoms with Crippen molar-refractivity contribution in [2.45, 2.75) is 65.1 Å². The molecule has 126 valence electrons. The van der Waals surface area contributed by atoms with Crippen LogP contribution in [0.25, 0.3) is 0 Å². The monoisotopic (exact) mass is 300 g/mol. The van der Waals surface area contributed by atoms with E-state index in [1.165, 1.54) is 25.7 Å². The largest absolute Gasteiger partial charge is 0.389 e. The predicted molar refractivity (Wildman–Crippen MR) is 88.7 cm³/mol. The van der Waals surface area contributed by atoms with Gasteiger partial charge >= 0.3 is 0 Å². The number of nitrogens with one attached hydrogen (secondary N) is 1. The molecule has 0 radical (unpaired) electrons. The molecule has 4 heteroatoms. The molecule has 0 heterocycles. The summed E-state index contributed by atoms with van der Waals surface area (Å²) in [6.45, 7) is 12.0. The highest BCUT2D eigenvalue weighted by Crippen LogP contribution is 2.26. The van der Waals surface area contributed by atoms with Crippen LogP contribution in [0.5, 0.6) is 0 Å². The van der Waals surface area contributed by atoms with E-state index in [-0.39, 0.29) is 6.10 Å². The third kappa shape index (κ3) is 8.15. The van der Waals surface area contributed by atoms with E-state index in [1.54, 1.807) is 0 Å². The van der Waals surface area contributed by atoms with Gasteiger partial charge in [0.05, 0.1) is 18.8 Å². The van der Waals surface area contributed by atoms with Crippen molar-refractivity contribution in [3.05, 3.63) is 0 Å². The summed E-state index contributed by atoms with van der Waals surface area (Å²) in [6.07, 6.45) is 6.19. The second-order valence-electron chi connectivity index (χ2n) is 6.43. The lowest BCUT2D eigenvalue weighted by Crippen LogP contribution is -2.38. The molecule has 0 saturated heterocycles. The Hall–Kier alpha value is -0.160. The van der Waals surface area contributed by atoms with Gasteiger partial charge in [-0.15, -0.1) is 0 Å². The SMILES string of the molecule is CCCN(CC)CCNCC(O)COC1CCCCC1C. The quantitative estimate of drug-likeness (QED) is 0.575. The van der Waals surface area contributed by atoms with Crippen molar-refractivity contribution in [2.24, 2.45) is 5.92 Å². The van der Waals surface area contributed by atoms with Crippen LogP contribution in [0.2, 0.25) is 0 Å². The molecule has 1 saturated carbocycles. The van der Waals surface area contributed by atoms with Crippen molar-refractivity contribution in [1.82, 2.24) is 10.2 Å². The van der Waals surface area contributed by atoms with Gasteiger partial charge in [0, 0.05) is 19.6 Å². The van der Waals surface area contributed by atoms with Gasteiger partial charge in [-0.2, -0.15) is 0 Å². The van der Waals surface area contributed by atoms with E-state index in [0.29, 0.717) is 25.2 Å². The highest BCUT2D eigenvalue weighted by atomic mass is 16.5. The molecule has 21 heavy (non-hydrogen) atoms. The number of aliphatic hydroxyl groups excluding tert-OH is 1. The van der Waals surface area contributed by atoms with Gasteiger partial charge < -0.3 is 20.1 Å². The highest BCUT2D eigenvalue weighted by molar-refractivity contribution is 4.73. The molecule has 1 fully saturated rings. The minimum atomic E-state index is -0.389. The van der Waals surface area contributed by atoms with Crippen LogP contribution in [-0.4, -0.2) is 61.5 Å². The molecule has 0 aromatic heterocycles. The molecule has 0 spiro atoms. The zero-order chi connectivity index (χ0) is 15.5. The lowest BCUT2D eigenvalue weighted by Gasteiger charge is -2.29. The number of aliphatic hydroxyl groups is 1. The van der Waals surface area contributed by atoms with Crippen molar-refractivity contribution in [3.8, 4) is 0 Å². The molecule has 0 amide bonds. The summed E-state index contributed by atoms with van der Waals surface area (Å²) < 4.78 is 5.89. The fourth-order valence-electron chi connectivity index (χ4n) is 3.07. The van der Waals surface area contributed by atoms with Crippen molar-refractivity contribution >= 4 is 0 Å². The summed E-state index contributed by atoms with van der Waals surface area (Å²) in [5.41, 5.74) is 0. The summed E-state index contributed by atoms with van der Waals surface area (Å²) in [4.78, 5) is 2.43. The van der Waals surface area contributed by atoms with Crippen LogP contribution in [0.15, 0.2) is 0 Å². The van der Waals surface area contributed by atoms with Crippen LogP contribution in [-0.2, 0) is 4.74 Å². The van der Waals surface area contributed by atoms with Crippen molar-refractivity contribution < 1.29 is 9.84 Å². The fourth-order valence-corrected chi connectivity index (χ4v) is 3.07. The van der Waals surface area contributed by atoms with Crippen LogP contribution >= 0.6 is 0 Å². The first-order chi connectivity index (χ1) is 10.2. The average molecular weight is 300 g/mol. The van der Waals surface area contributed by atoms with Crippen LogP contribution in [0.3, 0.4) is 0 Å². The maximum Gasteiger partial charge on any atom is 0.0897 e. The molecule has 0 aromatic rings. The standard InChI is InChI=1S/C17H36N2O2/c1-4-11-19(5-2)12-10-18-13-16(20)14-21-17-9-7-6-8-15(17)3/h15-18,20H,4-14H2,1-3H3. The second kappa shape index (κ2) is 11.4. The zero-order valence-corrected chi connectivity index (χ0v) is 14.3. The number of hydrogen-bond donors (Lipinski definition) is 2. The van der Waals surface area contributed by atoms with E-state index in [4.69, 9.17) is 4.74 Å². The van der Waals surface area contributed by atoms with Crippen LogP contribution in [0.4, 0.5) is 0 Å². The lowest BCUT2D eigenvalue weighted by molar-refractivity contribution is -0.0451. The molecular weight excluding hydrogens is 264 g/mol. The average Bonchev–Trinajstić information content (AvgIpc) is 2.49. The summed E-state index contributed by atoms with van der Waals surface area (Å²) in [5, 5.41) is 13.3. The second-order valence-corrected chi connectivity index (χ2v) is 6.43. The Kier molecular flexibility index (Phi) is 10.3. The molecule has 4 nitrogen and oxygen atoms in total. The van der Waals surface area contributed by atoms with Crippen molar-refractivity contribution in [1.29, 1.82) is 0 Å². The summed E-state index contributed by atoms with van der Waals surface area (Å²) in [7, 11) is 0. The number of likely N-dealkylation sites (N-methyl/N-ethyl adjacent to an activating group) is 1. The van der Waals surface area contributed by atoms with Gasteiger partial charge in [-0.1, -0.05) is 33.6 Å². The first-order valence-corrected chi connectivity index (χ1v) is 8.90. The molecule has 1 rings (SSSR count). The lowest BCUT2D eigenvalue weighted by atomic mass is 9.88. The number of rotatable bonds is 11. The Labute approximate surface area is 131 Å². The summed E-state index contributed by atoms with van der Waals surface area (Å²) in [6, 6.07) is 0. The Balaban J connectivity index is 2.04. The van der Waals surface area contributed by atoms with Gasteiger partial charge in [-0.25, -0.2) is 0 Å². The van der Waals surface area contributed by atoms with Crippen molar-refractivity contribution in [3.63, 3.8) is 0 Å². The molecule has 2 N–H and O–H groups in total. The Morgan fingerprint density at radius 3 is 2.67 bits per heavy atom. The maximum atomic E-state index is 9.99. The predicted octanol–water partition coefficient (Wildman–Crippen LogP) is 2.26. The minimum absolute atomic E-state index is 0.355. The van der Waals surface area contributed by atoms with Gasteiger partial charge in [0.15, 0.2) is 0 Å². The van der Waals surface area contributed by atoms with Gasteiger partial charge in [0.2, 0.25) is 0 Å². The van der Waals surface area contributed by atoms with E-state index in [2.05, 4.69) is 31.0 Å². The highest BCUT2D eigenvalue weighted by Gasteiger charge is 2.22. The molecule has 0 bridgehead atoms. The summed E-state index contributed by atoms with van der Waals surface area (Å²) in [5.74, 6) is 0.645. The van der Waals surface area contributed by atoms with Gasteiger partial charge in [0.25, 0.3) is 0 Å². The van der Waals surface area contributed by atoms with E-state index in [0.717, 1.165) is 32.6 Å². The first kappa shape index (κ1) is 18.9. The van der Waals surface area contributed by atoms with Crippen molar-refractivity contribution in [2.75, 3.05) is 39.3 Å². The van der Waals surface area contributed by atoms with Gasteiger partial charge in [-0.05, 0) is 38.3 Å². The van der Waals surface area contributed by atoms with E-state index >= 15 is 0 Å².